The zero-order valence-corrected chi connectivity index (χ0v) is 11.7. The SMILES string of the molecule is CCOCCCC(O)Cc1cc(Cl)ccc1OC. The molecule has 1 aromatic rings. The van der Waals surface area contributed by atoms with Gasteiger partial charge in [0.1, 0.15) is 5.75 Å². The molecule has 0 saturated heterocycles. The largest absolute Gasteiger partial charge is 0.496 e. The van der Waals surface area contributed by atoms with E-state index < -0.39 is 6.10 Å². The van der Waals surface area contributed by atoms with Crippen LogP contribution in [-0.2, 0) is 11.2 Å². The monoisotopic (exact) mass is 272 g/mol. The van der Waals surface area contributed by atoms with Gasteiger partial charge in [0.25, 0.3) is 0 Å². The first-order valence-electron chi connectivity index (χ1n) is 6.25. The van der Waals surface area contributed by atoms with E-state index in [1.165, 1.54) is 0 Å². The van der Waals surface area contributed by atoms with E-state index in [-0.39, 0.29) is 0 Å². The fraction of sp³-hybridized carbons (Fsp3) is 0.571. The number of hydrogen-bond donors (Lipinski definition) is 1. The molecule has 0 bridgehead atoms. The minimum Gasteiger partial charge on any atom is -0.496 e. The Balaban J connectivity index is 2.47. The van der Waals surface area contributed by atoms with Crippen molar-refractivity contribution in [3.8, 4) is 5.75 Å². The van der Waals surface area contributed by atoms with E-state index in [9.17, 15) is 5.11 Å². The summed E-state index contributed by atoms with van der Waals surface area (Å²) in [6, 6.07) is 5.45. The van der Waals surface area contributed by atoms with Crippen LogP contribution in [0.25, 0.3) is 0 Å². The van der Waals surface area contributed by atoms with Crippen LogP contribution in [0.4, 0.5) is 0 Å². The molecule has 1 atom stereocenters. The number of ether oxygens (including phenoxy) is 2. The average molecular weight is 273 g/mol. The fourth-order valence-electron chi connectivity index (χ4n) is 1.83. The lowest BCUT2D eigenvalue weighted by Crippen LogP contribution is -2.12. The lowest BCUT2D eigenvalue weighted by molar-refractivity contribution is 0.114. The van der Waals surface area contributed by atoms with E-state index in [0.717, 1.165) is 30.8 Å². The second-order valence-electron chi connectivity index (χ2n) is 4.15. The van der Waals surface area contributed by atoms with E-state index in [0.29, 0.717) is 18.1 Å². The van der Waals surface area contributed by atoms with Crippen molar-refractivity contribution in [3.05, 3.63) is 28.8 Å². The van der Waals surface area contributed by atoms with Gasteiger partial charge in [-0.3, -0.25) is 0 Å². The Labute approximate surface area is 114 Å². The van der Waals surface area contributed by atoms with Crippen molar-refractivity contribution in [2.24, 2.45) is 0 Å². The minimum absolute atomic E-state index is 0.391. The molecular weight excluding hydrogens is 252 g/mol. The molecule has 0 aromatic heterocycles. The molecule has 1 unspecified atom stereocenters. The summed E-state index contributed by atoms with van der Waals surface area (Å²) in [4.78, 5) is 0. The van der Waals surface area contributed by atoms with E-state index in [2.05, 4.69) is 0 Å². The van der Waals surface area contributed by atoms with Crippen LogP contribution in [0, 0.1) is 0 Å². The molecule has 4 heteroatoms. The average Bonchev–Trinajstić information content (AvgIpc) is 2.35. The second kappa shape index (κ2) is 8.35. The van der Waals surface area contributed by atoms with Gasteiger partial charge < -0.3 is 14.6 Å². The summed E-state index contributed by atoms with van der Waals surface area (Å²) in [6.45, 7) is 3.38. The highest BCUT2D eigenvalue weighted by Gasteiger charge is 2.10. The Morgan fingerprint density at radius 3 is 2.83 bits per heavy atom. The number of aliphatic hydroxyl groups is 1. The van der Waals surface area contributed by atoms with Crippen molar-refractivity contribution in [1.29, 1.82) is 0 Å². The van der Waals surface area contributed by atoms with Gasteiger partial charge in [0, 0.05) is 24.7 Å². The van der Waals surface area contributed by atoms with Gasteiger partial charge in [0.15, 0.2) is 0 Å². The standard InChI is InChI=1S/C14H21ClO3/c1-3-18-8-4-5-13(16)10-11-9-12(15)6-7-14(11)17-2/h6-7,9,13,16H,3-5,8,10H2,1-2H3. The molecule has 0 amide bonds. The van der Waals surface area contributed by atoms with Crippen molar-refractivity contribution in [2.45, 2.75) is 32.3 Å². The maximum Gasteiger partial charge on any atom is 0.122 e. The zero-order valence-electron chi connectivity index (χ0n) is 11.0. The quantitative estimate of drug-likeness (QED) is 0.739. The first kappa shape index (κ1) is 15.3. The second-order valence-corrected chi connectivity index (χ2v) is 4.59. The predicted octanol–water partition coefficient (Wildman–Crippen LogP) is 3.07. The van der Waals surface area contributed by atoms with Gasteiger partial charge in [0.05, 0.1) is 13.2 Å². The van der Waals surface area contributed by atoms with Crippen LogP contribution in [0.2, 0.25) is 5.02 Å². The van der Waals surface area contributed by atoms with E-state index >= 15 is 0 Å². The summed E-state index contributed by atoms with van der Waals surface area (Å²) >= 11 is 5.95. The molecule has 0 spiro atoms. The molecule has 0 saturated carbocycles. The van der Waals surface area contributed by atoms with Crippen molar-refractivity contribution >= 4 is 11.6 Å². The number of methoxy groups -OCH3 is 1. The van der Waals surface area contributed by atoms with E-state index in [4.69, 9.17) is 21.1 Å². The Morgan fingerprint density at radius 1 is 1.39 bits per heavy atom. The van der Waals surface area contributed by atoms with E-state index in [1.54, 1.807) is 13.2 Å². The summed E-state index contributed by atoms with van der Waals surface area (Å²) in [7, 11) is 1.62. The molecule has 1 rings (SSSR count). The van der Waals surface area contributed by atoms with Crippen molar-refractivity contribution in [3.63, 3.8) is 0 Å². The smallest absolute Gasteiger partial charge is 0.122 e. The molecule has 0 aliphatic rings. The summed E-state index contributed by atoms with van der Waals surface area (Å²) in [5, 5.41) is 10.6. The third-order valence-electron chi connectivity index (χ3n) is 2.73. The number of halogens is 1. The van der Waals surface area contributed by atoms with Gasteiger partial charge in [0.2, 0.25) is 0 Å². The lowest BCUT2D eigenvalue weighted by atomic mass is 10.0. The van der Waals surface area contributed by atoms with Crippen LogP contribution in [0.5, 0.6) is 5.75 Å². The molecule has 18 heavy (non-hydrogen) atoms. The summed E-state index contributed by atoms with van der Waals surface area (Å²) in [5.74, 6) is 0.767. The molecule has 0 aliphatic carbocycles. The molecule has 1 aromatic carbocycles. The first-order valence-corrected chi connectivity index (χ1v) is 6.63. The van der Waals surface area contributed by atoms with Gasteiger partial charge in [-0.25, -0.2) is 0 Å². The highest BCUT2D eigenvalue weighted by molar-refractivity contribution is 6.30. The summed E-state index contributed by atoms with van der Waals surface area (Å²) in [6.07, 6.45) is 1.74. The van der Waals surface area contributed by atoms with Crippen molar-refractivity contribution in [1.82, 2.24) is 0 Å². The van der Waals surface area contributed by atoms with Crippen LogP contribution in [0.3, 0.4) is 0 Å². The molecule has 0 fully saturated rings. The Hall–Kier alpha value is -0.770. The van der Waals surface area contributed by atoms with Crippen molar-refractivity contribution < 1.29 is 14.6 Å². The third-order valence-corrected chi connectivity index (χ3v) is 2.96. The number of benzene rings is 1. The first-order chi connectivity index (χ1) is 8.67. The normalized spacial score (nSPS) is 12.4. The Bertz CT molecular complexity index is 355. The number of rotatable bonds is 8. The van der Waals surface area contributed by atoms with E-state index in [1.807, 2.05) is 19.1 Å². The molecule has 1 N–H and O–H groups in total. The Morgan fingerprint density at radius 2 is 2.17 bits per heavy atom. The third kappa shape index (κ3) is 5.25. The van der Waals surface area contributed by atoms with Crippen LogP contribution in [0.1, 0.15) is 25.3 Å². The summed E-state index contributed by atoms with van der Waals surface area (Å²) in [5.41, 5.74) is 0.939. The van der Waals surface area contributed by atoms with Crippen molar-refractivity contribution in [2.75, 3.05) is 20.3 Å². The highest BCUT2D eigenvalue weighted by Crippen LogP contribution is 2.24. The maximum atomic E-state index is 9.96. The molecule has 3 nitrogen and oxygen atoms in total. The molecule has 0 radical (unpaired) electrons. The van der Waals surface area contributed by atoms with Gasteiger partial charge in [-0.2, -0.15) is 0 Å². The summed E-state index contributed by atoms with van der Waals surface area (Å²) < 4.78 is 10.5. The highest BCUT2D eigenvalue weighted by atomic mass is 35.5. The number of hydrogen-bond acceptors (Lipinski definition) is 3. The Kier molecular flexibility index (Phi) is 7.09. The predicted molar refractivity (Wildman–Crippen MR) is 73.4 cm³/mol. The molecule has 0 aliphatic heterocycles. The molecular formula is C14H21ClO3. The molecule has 0 heterocycles. The van der Waals surface area contributed by atoms with Gasteiger partial charge in [-0.15, -0.1) is 0 Å². The maximum absolute atomic E-state index is 9.96. The minimum atomic E-state index is -0.391. The molecule has 102 valence electrons. The van der Waals surface area contributed by atoms with Crippen LogP contribution in [-0.4, -0.2) is 31.5 Å². The van der Waals surface area contributed by atoms with Gasteiger partial charge in [-0.05, 0) is 43.5 Å². The number of aliphatic hydroxyl groups excluding tert-OH is 1. The van der Waals surface area contributed by atoms with Crippen LogP contribution >= 0.6 is 11.6 Å². The van der Waals surface area contributed by atoms with Gasteiger partial charge in [-0.1, -0.05) is 11.6 Å². The van der Waals surface area contributed by atoms with Crippen LogP contribution < -0.4 is 4.74 Å². The van der Waals surface area contributed by atoms with Crippen LogP contribution in [0.15, 0.2) is 18.2 Å². The lowest BCUT2D eigenvalue weighted by Gasteiger charge is -2.13. The van der Waals surface area contributed by atoms with Gasteiger partial charge >= 0.3 is 0 Å². The fourth-order valence-corrected chi connectivity index (χ4v) is 2.02. The topological polar surface area (TPSA) is 38.7 Å². The zero-order chi connectivity index (χ0) is 13.4.